The predicted molar refractivity (Wildman–Crippen MR) is 63.8 cm³/mol. The summed E-state index contributed by atoms with van der Waals surface area (Å²) >= 11 is 0. The lowest BCUT2D eigenvalue weighted by Crippen LogP contribution is -2.16. The van der Waals surface area contributed by atoms with Crippen LogP contribution in [-0.2, 0) is 6.42 Å². The zero-order chi connectivity index (χ0) is 13.1. The smallest absolute Gasteiger partial charge is 0.126 e. The number of rotatable bonds is 3. The third-order valence-corrected chi connectivity index (χ3v) is 2.63. The van der Waals surface area contributed by atoms with Crippen molar-refractivity contribution in [3.05, 3.63) is 59.2 Å². The van der Waals surface area contributed by atoms with Crippen LogP contribution in [0.25, 0.3) is 0 Å². The fourth-order valence-corrected chi connectivity index (χ4v) is 1.72. The van der Waals surface area contributed by atoms with Gasteiger partial charge in [-0.25, -0.2) is 18.7 Å². The van der Waals surface area contributed by atoms with Crippen LogP contribution >= 0.6 is 0 Å². The van der Waals surface area contributed by atoms with Gasteiger partial charge in [-0.05, 0) is 43.2 Å². The molecule has 0 aliphatic rings. The Morgan fingerprint density at radius 3 is 2.78 bits per heavy atom. The Morgan fingerprint density at radius 1 is 1.28 bits per heavy atom. The molecule has 2 rings (SSSR count). The minimum absolute atomic E-state index is 0.194. The average molecular weight is 249 g/mol. The van der Waals surface area contributed by atoms with Crippen molar-refractivity contribution >= 4 is 0 Å². The molecule has 18 heavy (non-hydrogen) atoms. The molecule has 1 atom stereocenters. The standard InChI is InChI=1S/C13H13F2N3/c1-8-17-5-4-13(18-8)12(16)7-9-6-10(14)2-3-11(9)15/h2-6,12H,7,16H2,1H3. The third-order valence-electron chi connectivity index (χ3n) is 2.63. The summed E-state index contributed by atoms with van der Waals surface area (Å²) in [6.45, 7) is 1.75. The van der Waals surface area contributed by atoms with Crippen LogP contribution in [0.5, 0.6) is 0 Å². The van der Waals surface area contributed by atoms with Gasteiger partial charge in [0.1, 0.15) is 17.5 Å². The van der Waals surface area contributed by atoms with Gasteiger partial charge in [-0.1, -0.05) is 0 Å². The second kappa shape index (κ2) is 5.18. The molecule has 5 heteroatoms. The summed E-state index contributed by atoms with van der Waals surface area (Å²) in [6.07, 6.45) is 1.79. The highest BCUT2D eigenvalue weighted by Gasteiger charge is 2.12. The van der Waals surface area contributed by atoms with Crippen molar-refractivity contribution in [2.75, 3.05) is 0 Å². The monoisotopic (exact) mass is 249 g/mol. The average Bonchev–Trinajstić information content (AvgIpc) is 2.34. The van der Waals surface area contributed by atoms with Gasteiger partial charge in [0.2, 0.25) is 0 Å². The zero-order valence-electron chi connectivity index (χ0n) is 9.90. The molecule has 94 valence electrons. The van der Waals surface area contributed by atoms with Gasteiger partial charge in [-0.15, -0.1) is 0 Å². The van der Waals surface area contributed by atoms with Gasteiger partial charge in [-0.2, -0.15) is 0 Å². The van der Waals surface area contributed by atoms with Crippen molar-refractivity contribution in [1.29, 1.82) is 0 Å². The van der Waals surface area contributed by atoms with E-state index in [0.717, 1.165) is 18.2 Å². The Morgan fingerprint density at radius 2 is 2.06 bits per heavy atom. The van der Waals surface area contributed by atoms with Crippen LogP contribution in [0.3, 0.4) is 0 Å². The Balaban J connectivity index is 2.21. The zero-order valence-corrected chi connectivity index (χ0v) is 9.90. The van der Waals surface area contributed by atoms with Crippen LogP contribution in [-0.4, -0.2) is 9.97 Å². The maximum Gasteiger partial charge on any atom is 0.126 e. The minimum atomic E-state index is -0.483. The van der Waals surface area contributed by atoms with Gasteiger partial charge < -0.3 is 5.73 Å². The summed E-state index contributed by atoms with van der Waals surface area (Å²) in [5.74, 6) is -0.335. The van der Waals surface area contributed by atoms with Crippen molar-refractivity contribution in [1.82, 2.24) is 9.97 Å². The molecule has 0 fully saturated rings. The number of benzene rings is 1. The van der Waals surface area contributed by atoms with Gasteiger partial charge in [0.05, 0.1) is 11.7 Å². The second-order valence-electron chi connectivity index (χ2n) is 4.08. The van der Waals surface area contributed by atoms with E-state index in [1.165, 1.54) is 0 Å². The van der Waals surface area contributed by atoms with E-state index < -0.39 is 17.7 Å². The molecule has 1 unspecified atom stereocenters. The first-order valence-corrected chi connectivity index (χ1v) is 5.55. The van der Waals surface area contributed by atoms with Crippen molar-refractivity contribution < 1.29 is 8.78 Å². The van der Waals surface area contributed by atoms with Crippen LogP contribution in [0.15, 0.2) is 30.5 Å². The lowest BCUT2D eigenvalue weighted by Gasteiger charge is -2.12. The van der Waals surface area contributed by atoms with Gasteiger partial charge in [-0.3, -0.25) is 0 Å². The summed E-state index contributed by atoms with van der Waals surface area (Å²) in [6, 6.07) is 4.53. The Kier molecular flexibility index (Phi) is 3.62. The SMILES string of the molecule is Cc1nccc(C(N)Cc2cc(F)ccc2F)n1. The normalized spacial score (nSPS) is 12.4. The topological polar surface area (TPSA) is 51.8 Å². The Labute approximate surface area is 104 Å². The first-order chi connectivity index (χ1) is 8.56. The van der Waals surface area contributed by atoms with Crippen molar-refractivity contribution in [2.24, 2.45) is 5.73 Å². The number of hydrogen-bond donors (Lipinski definition) is 1. The molecule has 1 aromatic heterocycles. The maximum atomic E-state index is 13.5. The molecule has 0 aliphatic carbocycles. The summed E-state index contributed by atoms with van der Waals surface area (Å²) < 4.78 is 26.5. The highest BCUT2D eigenvalue weighted by Crippen LogP contribution is 2.17. The van der Waals surface area contributed by atoms with Gasteiger partial charge in [0.25, 0.3) is 0 Å². The highest BCUT2D eigenvalue weighted by atomic mass is 19.1. The van der Waals surface area contributed by atoms with Gasteiger partial charge in [0, 0.05) is 6.20 Å². The number of aryl methyl sites for hydroxylation is 1. The van der Waals surface area contributed by atoms with E-state index in [0.29, 0.717) is 11.5 Å². The van der Waals surface area contributed by atoms with E-state index in [1.807, 2.05) is 0 Å². The molecule has 2 N–H and O–H groups in total. The molecule has 0 saturated heterocycles. The Bertz CT molecular complexity index is 558. The van der Waals surface area contributed by atoms with E-state index >= 15 is 0 Å². The molecule has 1 aromatic carbocycles. The first-order valence-electron chi connectivity index (χ1n) is 5.55. The molecular weight excluding hydrogens is 236 g/mol. The lowest BCUT2D eigenvalue weighted by molar-refractivity contribution is 0.569. The molecule has 2 aromatic rings. The van der Waals surface area contributed by atoms with Crippen LogP contribution in [0.4, 0.5) is 8.78 Å². The predicted octanol–water partition coefficient (Wildman–Crippen LogP) is 2.31. The van der Waals surface area contributed by atoms with E-state index in [4.69, 9.17) is 5.73 Å². The van der Waals surface area contributed by atoms with Crippen molar-refractivity contribution in [3.63, 3.8) is 0 Å². The number of nitrogens with two attached hydrogens (primary N) is 1. The molecule has 0 amide bonds. The molecule has 3 nitrogen and oxygen atoms in total. The molecule has 0 radical (unpaired) electrons. The Hall–Kier alpha value is -1.88. The largest absolute Gasteiger partial charge is 0.322 e. The van der Waals surface area contributed by atoms with Crippen LogP contribution in [0, 0.1) is 18.6 Å². The molecular formula is C13H13F2N3. The quantitative estimate of drug-likeness (QED) is 0.908. The number of nitrogens with zero attached hydrogens (tertiary/aromatic N) is 2. The molecule has 0 spiro atoms. The summed E-state index contributed by atoms with van der Waals surface area (Å²) in [5, 5.41) is 0. The van der Waals surface area contributed by atoms with Crippen LogP contribution in [0.1, 0.15) is 23.1 Å². The van der Waals surface area contributed by atoms with Crippen molar-refractivity contribution in [2.45, 2.75) is 19.4 Å². The number of hydrogen-bond acceptors (Lipinski definition) is 3. The number of aromatic nitrogens is 2. The van der Waals surface area contributed by atoms with E-state index in [-0.39, 0.29) is 12.0 Å². The second-order valence-corrected chi connectivity index (χ2v) is 4.08. The number of halogens is 2. The summed E-state index contributed by atoms with van der Waals surface area (Å²) in [5.41, 5.74) is 6.80. The van der Waals surface area contributed by atoms with E-state index in [9.17, 15) is 8.78 Å². The molecule has 0 aliphatic heterocycles. The van der Waals surface area contributed by atoms with E-state index in [1.54, 1.807) is 19.2 Å². The third kappa shape index (κ3) is 2.87. The van der Waals surface area contributed by atoms with Crippen LogP contribution in [0.2, 0.25) is 0 Å². The minimum Gasteiger partial charge on any atom is -0.322 e. The fourth-order valence-electron chi connectivity index (χ4n) is 1.72. The highest BCUT2D eigenvalue weighted by molar-refractivity contribution is 5.21. The van der Waals surface area contributed by atoms with Crippen LogP contribution < -0.4 is 5.73 Å². The maximum absolute atomic E-state index is 13.5. The van der Waals surface area contributed by atoms with Crippen molar-refractivity contribution in [3.8, 4) is 0 Å². The van der Waals surface area contributed by atoms with Gasteiger partial charge >= 0.3 is 0 Å². The summed E-state index contributed by atoms with van der Waals surface area (Å²) in [4.78, 5) is 8.13. The molecule has 0 bridgehead atoms. The first kappa shape index (κ1) is 12.6. The van der Waals surface area contributed by atoms with Gasteiger partial charge in [0.15, 0.2) is 0 Å². The molecule has 1 heterocycles. The molecule has 0 saturated carbocycles. The van der Waals surface area contributed by atoms with E-state index in [2.05, 4.69) is 9.97 Å². The summed E-state index contributed by atoms with van der Waals surface area (Å²) in [7, 11) is 0. The fraction of sp³-hybridized carbons (Fsp3) is 0.231. The lowest BCUT2D eigenvalue weighted by atomic mass is 10.0.